The number of aromatic nitrogens is 4. The summed E-state index contributed by atoms with van der Waals surface area (Å²) in [4.78, 5) is 11.6. The van der Waals surface area contributed by atoms with Crippen molar-refractivity contribution in [2.75, 3.05) is 31.7 Å². The van der Waals surface area contributed by atoms with E-state index in [4.69, 9.17) is 9.72 Å². The van der Waals surface area contributed by atoms with Crippen molar-refractivity contribution in [1.29, 1.82) is 0 Å². The first-order valence-corrected chi connectivity index (χ1v) is 7.38. The quantitative estimate of drug-likeness (QED) is 0.861. The number of ether oxygens (including phenoxy) is 1. The van der Waals surface area contributed by atoms with Crippen LogP contribution in [0.25, 0.3) is 11.0 Å². The first-order chi connectivity index (χ1) is 9.89. The van der Waals surface area contributed by atoms with Crippen LogP contribution in [0.5, 0.6) is 0 Å². The number of rotatable bonds is 4. The first kappa shape index (κ1) is 14.3. The second kappa shape index (κ2) is 4.94. The Hall–Kier alpha value is -1.69. The van der Waals surface area contributed by atoms with Crippen molar-refractivity contribution >= 4 is 16.9 Å². The van der Waals surface area contributed by atoms with Gasteiger partial charge in [0.25, 0.3) is 0 Å². The molecule has 0 spiro atoms. The number of hydrogen-bond acceptors (Lipinski definition) is 5. The largest absolute Gasteiger partial charge is 0.380 e. The summed E-state index contributed by atoms with van der Waals surface area (Å²) in [6.07, 6.45) is 1.85. The maximum Gasteiger partial charge on any atom is 0.163 e. The minimum absolute atomic E-state index is 0.215. The molecule has 0 aromatic carbocycles. The second-order valence-corrected chi connectivity index (χ2v) is 6.73. The van der Waals surface area contributed by atoms with Gasteiger partial charge in [0.15, 0.2) is 5.65 Å². The SMILES string of the molecule is CC(C)c1nc(N(C)CC2(C)COC2)c2cnn(C)c2n1. The Morgan fingerprint density at radius 1 is 1.38 bits per heavy atom. The predicted octanol–water partition coefficient (Wildman–Crippen LogP) is 1.96. The van der Waals surface area contributed by atoms with E-state index in [0.29, 0.717) is 5.92 Å². The Kier molecular flexibility index (Phi) is 3.36. The third kappa shape index (κ3) is 2.48. The summed E-state index contributed by atoms with van der Waals surface area (Å²) in [6.45, 7) is 9.03. The number of aryl methyl sites for hydroxylation is 1. The Morgan fingerprint density at radius 2 is 2.10 bits per heavy atom. The van der Waals surface area contributed by atoms with E-state index in [0.717, 1.165) is 42.4 Å². The summed E-state index contributed by atoms with van der Waals surface area (Å²) in [6, 6.07) is 0. The first-order valence-electron chi connectivity index (χ1n) is 7.38. The molecule has 0 saturated carbocycles. The molecule has 1 aliphatic rings. The molecule has 6 heteroatoms. The highest BCUT2D eigenvalue weighted by atomic mass is 16.5. The maximum absolute atomic E-state index is 5.35. The fraction of sp³-hybridized carbons (Fsp3) is 0.667. The van der Waals surface area contributed by atoms with E-state index >= 15 is 0 Å². The van der Waals surface area contributed by atoms with Gasteiger partial charge in [-0.15, -0.1) is 0 Å². The van der Waals surface area contributed by atoms with Gasteiger partial charge in [-0.1, -0.05) is 20.8 Å². The van der Waals surface area contributed by atoms with Gasteiger partial charge in [0, 0.05) is 32.0 Å². The molecule has 3 heterocycles. The molecule has 1 saturated heterocycles. The molecule has 0 unspecified atom stereocenters. The highest BCUT2D eigenvalue weighted by molar-refractivity contribution is 5.86. The van der Waals surface area contributed by atoms with Crippen LogP contribution in [-0.4, -0.2) is 46.6 Å². The summed E-state index contributed by atoms with van der Waals surface area (Å²) >= 11 is 0. The molecule has 0 aliphatic carbocycles. The Morgan fingerprint density at radius 3 is 2.67 bits per heavy atom. The van der Waals surface area contributed by atoms with Gasteiger partial charge in [-0.05, 0) is 0 Å². The van der Waals surface area contributed by atoms with Crippen LogP contribution in [0.4, 0.5) is 5.82 Å². The summed E-state index contributed by atoms with van der Waals surface area (Å²) in [7, 11) is 4.01. The zero-order valence-electron chi connectivity index (χ0n) is 13.4. The predicted molar refractivity (Wildman–Crippen MR) is 82.6 cm³/mol. The molecule has 0 radical (unpaired) electrons. The molecular weight excluding hydrogens is 266 g/mol. The van der Waals surface area contributed by atoms with Gasteiger partial charge in [0.05, 0.1) is 24.8 Å². The third-order valence-electron chi connectivity index (χ3n) is 3.99. The highest BCUT2D eigenvalue weighted by Crippen LogP contribution is 2.31. The van der Waals surface area contributed by atoms with Crippen LogP contribution in [-0.2, 0) is 11.8 Å². The second-order valence-electron chi connectivity index (χ2n) is 6.73. The molecule has 6 nitrogen and oxygen atoms in total. The third-order valence-corrected chi connectivity index (χ3v) is 3.99. The van der Waals surface area contributed by atoms with Crippen LogP contribution in [0, 0.1) is 5.41 Å². The minimum Gasteiger partial charge on any atom is -0.380 e. The molecule has 0 atom stereocenters. The van der Waals surface area contributed by atoms with Crippen molar-refractivity contribution in [2.24, 2.45) is 12.5 Å². The molecule has 3 rings (SSSR count). The average molecular weight is 289 g/mol. The van der Waals surface area contributed by atoms with E-state index < -0.39 is 0 Å². The number of fused-ring (bicyclic) bond motifs is 1. The zero-order valence-corrected chi connectivity index (χ0v) is 13.4. The monoisotopic (exact) mass is 289 g/mol. The normalized spacial score (nSPS) is 17.2. The summed E-state index contributed by atoms with van der Waals surface area (Å²) in [5.74, 6) is 2.12. The molecule has 114 valence electrons. The van der Waals surface area contributed by atoms with Crippen molar-refractivity contribution in [2.45, 2.75) is 26.7 Å². The van der Waals surface area contributed by atoms with Crippen molar-refractivity contribution in [1.82, 2.24) is 19.7 Å². The van der Waals surface area contributed by atoms with Gasteiger partial charge < -0.3 is 9.64 Å². The molecule has 2 aromatic heterocycles. The van der Waals surface area contributed by atoms with E-state index in [-0.39, 0.29) is 5.41 Å². The van der Waals surface area contributed by atoms with Crippen LogP contribution in [0.15, 0.2) is 6.20 Å². The van der Waals surface area contributed by atoms with E-state index in [2.05, 4.69) is 42.8 Å². The highest BCUT2D eigenvalue weighted by Gasteiger charge is 2.35. The lowest BCUT2D eigenvalue weighted by molar-refractivity contribution is -0.0952. The Labute approximate surface area is 125 Å². The lowest BCUT2D eigenvalue weighted by Gasteiger charge is -2.41. The molecule has 21 heavy (non-hydrogen) atoms. The van der Waals surface area contributed by atoms with Gasteiger partial charge in [0.2, 0.25) is 0 Å². The van der Waals surface area contributed by atoms with Gasteiger partial charge >= 0.3 is 0 Å². The van der Waals surface area contributed by atoms with E-state index in [9.17, 15) is 0 Å². The van der Waals surface area contributed by atoms with E-state index in [1.54, 1.807) is 0 Å². The molecule has 0 bridgehead atoms. The van der Waals surface area contributed by atoms with Gasteiger partial charge in [-0.2, -0.15) is 5.10 Å². The molecule has 1 aliphatic heterocycles. The van der Waals surface area contributed by atoms with Gasteiger partial charge in [-0.3, -0.25) is 4.68 Å². The molecule has 0 amide bonds. The van der Waals surface area contributed by atoms with Crippen molar-refractivity contribution in [3.63, 3.8) is 0 Å². The van der Waals surface area contributed by atoms with Crippen molar-refractivity contribution in [3.05, 3.63) is 12.0 Å². The Balaban J connectivity index is 2.03. The summed E-state index contributed by atoms with van der Waals surface area (Å²) in [5, 5.41) is 5.34. The molecule has 1 fully saturated rings. The fourth-order valence-electron chi connectivity index (χ4n) is 2.76. The van der Waals surface area contributed by atoms with Crippen molar-refractivity contribution < 1.29 is 4.74 Å². The smallest absolute Gasteiger partial charge is 0.163 e. The van der Waals surface area contributed by atoms with E-state index in [1.807, 2.05) is 17.9 Å². The number of hydrogen-bond donors (Lipinski definition) is 0. The standard InChI is InChI=1S/C15H23N5O/c1-10(2)12-17-13(11-6-16-20(5)14(11)18-12)19(4)7-15(3)8-21-9-15/h6,10H,7-9H2,1-5H3. The topological polar surface area (TPSA) is 56.1 Å². The van der Waals surface area contributed by atoms with Gasteiger partial charge in [0.1, 0.15) is 11.6 Å². The van der Waals surface area contributed by atoms with Crippen LogP contribution in [0.3, 0.4) is 0 Å². The number of anilines is 1. The van der Waals surface area contributed by atoms with E-state index in [1.165, 1.54) is 0 Å². The van der Waals surface area contributed by atoms with Gasteiger partial charge in [-0.25, -0.2) is 9.97 Å². The van der Waals surface area contributed by atoms with Crippen molar-refractivity contribution in [3.8, 4) is 0 Å². The molecule has 0 N–H and O–H groups in total. The summed E-state index contributed by atoms with van der Waals surface area (Å²) in [5.41, 5.74) is 1.11. The minimum atomic E-state index is 0.215. The fourth-order valence-corrected chi connectivity index (χ4v) is 2.76. The molecular formula is C15H23N5O. The zero-order chi connectivity index (χ0) is 15.2. The molecule has 2 aromatic rings. The van der Waals surface area contributed by atoms with Crippen LogP contribution < -0.4 is 4.90 Å². The van der Waals surface area contributed by atoms with Crippen LogP contribution in [0.1, 0.15) is 32.5 Å². The number of nitrogens with zero attached hydrogens (tertiary/aromatic N) is 5. The van der Waals surface area contributed by atoms with Crippen LogP contribution in [0.2, 0.25) is 0 Å². The average Bonchev–Trinajstić information content (AvgIpc) is 2.77. The Bertz CT molecular complexity index is 659. The lowest BCUT2D eigenvalue weighted by atomic mass is 9.88. The van der Waals surface area contributed by atoms with Crippen LogP contribution >= 0.6 is 0 Å². The maximum atomic E-state index is 5.35. The summed E-state index contributed by atoms with van der Waals surface area (Å²) < 4.78 is 7.17. The lowest BCUT2D eigenvalue weighted by Crippen LogP contribution is -2.48.